The highest BCUT2D eigenvalue weighted by atomic mass is 35.5. The Balaban J connectivity index is 1.71. The number of aryl methyl sites for hydroxylation is 1. The first kappa shape index (κ1) is 20.8. The highest BCUT2D eigenvalue weighted by molar-refractivity contribution is 6.30. The molecule has 0 amide bonds. The highest BCUT2D eigenvalue weighted by Crippen LogP contribution is 2.47. The fourth-order valence-corrected chi connectivity index (χ4v) is 4.23. The molecule has 1 aliphatic rings. The van der Waals surface area contributed by atoms with Gasteiger partial charge in [0, 0.05) is 5.39 Å². The van der Waals surface area contributed by atoms with Gasteiger partial charge < -0.3 is 20.3 Å². The zero-order chi connectivity index (χ0) is 21.6. The van der Waals surface area contributed by atoms with Crippen LogP contribution in [0.15, 0.2) is 36.4 Å². The second-order valence-electron chi connectivity index (χ2n) is 8.25. The maximum absolute atomic E-state index is 13.1. The molecule has 2 unspecified atom stereocenters. The first-order valence-corrected chi connectivity index (χ1v) is 10.2. The number of nitrogens with one attached hydrogen (secondary N) is 1. The highest BCUT2D eigenvalue weighted by Gasteiger charge is 2.44. The third-order valence-electron chi connectivity index (χ3n) is 5.66. The number of rotatable bonds is 4. The van der Waals surface area contributed by atoms with Gasteiger partial charge in [0.25, 0.3) is 0 Å². The summed E-state index contributed by atoms with van der Waals surface area (Å²) in [4.78, 5) is 4.29. The molecular formula is C23H24ClFN2O3. The van der Waals surface area contributed by atoms with Crippen molar-refractivity contribution in [3.8, 4) is 11.5 Å². The molecule has 158 valence electrons. The normalized spacial score (nSPS) is 20.1. The Hall–Kier alpha value is -2.41. The van der Waals surface area contributed by atoms with Crippen molar-refractivity contribution in [2.24, 2.45) is 0 Å². The van der Waals surface area contributed by atoms with Gasteiger partial charge in [-0.2, -0.15) is 0 Å². The molecule has 5 nitrogen and oxygen atoms in total. The van der Waals surface area contributed by atoms with E-state index in [-0.39, 0.29) is 16.7 Å². The van der Waals surface area contributed by atoms with Crippen LogP contribution in [0.25, 0.3) is 10.9 Å². The molecule has 2 heterocycles. The average molecular weight is 431 g/mol. The lowest BCUT2D eigenvalue weighted by Gasteiger charge is -2.42. The Morgan fingerprint density at radius 1 is 1.23 bits per heavy atom. The second kappa shape index (κ2) is 7.69. The van der Waals surface area contributed by atoms with Crippen molar-refractivity contribution < 1.29 is 19.3 Å². The monoisotopic (exact) mass is 430 g/mol. The molecule has 1 aliphatic heterocycles. The molecule has 4 rings (SSSR count). The number of aliphatic hydroxyl groups is 1. The van der Waals surface area contributed by atoms with Crippen LogP contribution in [0, 0.1) is 12.7 Å². The fourth-order valence-electron chi connectivity index (χ4n) is 3.98. The van der Waals surface area contributed by atoms with Gasteiger partial charge in [0.2, 0.25) is 0 Å². The maximum Gasteiger partial charge on any atom is 0.150 e. The molecule has 0 spiro atoms. The topological polar surface area (TPSA) is 74.6 Å². The molecule has 0 bridgehead atoms. The second-order valence-corrected chi connectivity index (χ2v) is 8.64. The first-order valence-electron chi connectivity index (χ1n) is 9.85. The standard InChI is InChI=1S/C23H24ClFN2O3/c1-12-10-17(24)27-19-15(12)11-16-18(21(19)28)20(22(29)23(2,3)30-16)26-9-8-13-4-6-14(25)7-5-13/h4-7,10-11,20,22,26,28-29H,8-9H2,1-3H3. The molecule has 7 heteroatoms. The van der Waals surface area contributed by atoms with Crippen molar-refractivity contribution >= 4 is 22.5 Å². The summed E-state index contributed by atoms with van der Waals surface area (Å²) in [5.74, 6) is 0.171. The quantitative estimate of drug-likeness (QED) is 0.533. The van der Waals surface area contributed by atoms with E-state index in [1.54, 1.807) is 18.2 Å². The van der Waals surface area contributed by atoms with Crippen molar-refractivity contribution in [2.45, 2.75) is 44.9 Å². The summed E-state index contributed by atoms with van der Waals surface area (Å²) in [5, 5.41) is 26.4. The molecule has 0 fully saturated rings. The van der Waals surface area contributed by atoms with Crippen molar-refractivity contribution in [3.63, 3.8) is 0 Å². The van der Waals surface area contributed by atoms with Crippen LogP contribution in [0.3, 0.4) is 0 Å². The number of nitrogens with zero attached hydrogens (tertiary/aromatic N) is 1. The van der Waals surface area contributed by atoms with E-state index in [1.165, 1.54) is 12.1 Å². The Morgan fingerprint density at radius 3 is 2.63 bits per heavy atom. The Bertz CT molecular complexity index is 1100. The average Bonchev–Trinajstić information content (AvgIpc) is 2.67. The van der Waals surface area contributed by atoms with E-state index in [2.05, 4.69) is 10.3 Å². The number of aromatic nitrogens is 1. The number of phenols is 1. The maximum atomic E-state index is 13.1. The molecule has 3 N–H and O–H groups in total. The molecule has 0 saturated carbocycles. The van der Waals surface area contributed by atoms with E-state index in [4.69, 9.17) is 16.3 Å². The molecule has 30 heavy (non-hydrogen) atoms. The van der Waals surface area contributed by atoms with E-state index >= 15 is 0 Å². The lowest BCUT2D eigenvalue weighted by atomic mass is 9.85. The lowest BCUT2D eigenvalue weighted by Crippen LogP contribution is -2.52. The number of phenolic OH excluding ortho intramolecular Hbond substituents is 1. The zero-order valence-corrected chi connectivity index (χ0v) is 17.8. The summed E-state index contributed by atoms with van der Waals surface area (Å²) in [6.45, 7) is 6.03. The summed E-state index contributed by atoms with van der Waals surface area (Å²) in [5.41, 5.74) is 1.81. The number of aromatic hydroxyl groups is 1. The summed E-state index contributed by atoms with van der Waals surface area (Å²) >= 11 is 6.11. The van der Waals surface area contributed by atoms with Crippen LogP contribution < -0.4 is 10.1 Å². The van der Waals surface area contributed by atoms with Crippen molar-refractivity contribution in [1.82, 2.24) is 10.3 Å². The lowest BCUT2D eigenvalue weighted by molar-refractivity contribution is -0.0648. The Labute approximate surface area is 179 Å². The number of halogens is 2. The molecular weight excluding hydrogens is 407 g/mol. The van der Waals surface area contributed by atoms with Gasteiger partial charge in [0.15, 0.2) is 0 Å². The molecule has 2 atom stereocenters. The minimum atomic E-state index is -0.915. The number of hydrogen-bond acceptors (Lipinski definition) is 5. The van der Waals surface area contributed by atoms with Gasteiger partial charge in [0.1, 0.15) is 39.7 Å². The summed E-state index contributed by atoms with van der Waals surface area (Å²) in [6, 6.07) is 9.31. The zero-order valence-electron chi connectivity index (χ0n) is 17.0. The molecule has 0 aliphatic carbocycles. The smallest absolute Gasteiger partial charge is 0.150 e. The minimum absolute atomic E-state index is 0.0538. The summed E-state index contributed by atoms with van der Waals surface area (Å²) < 4.78 is 19.2. The third-order valence-corrected chi connectivity index (χ3v) is 5.85. The van der Waals surface area contributed by atoms with Crippen LogP contribution in [0.1, 0.15) is 36.6 Å². The van der Waals surface area contributed by atoms with E-state index in [1.807, 2.05) is 26.8 Å². The van der Waals surface area contributed by atoms with Crippen molar-refractivity contribution in [2.75, 3.05) is 6.54 Å². The number of aliphatic hydroxyl groups excluding tert-OH is 1. The molecule has 1 aromatic heterocycles. The first-order chi connectivity index (χ1) is 14.2. The van der Waals surface area contributed by atoms with Crippen LogP contribution in [0.2, 0.25) is 5.15 Å². The van der Waals surface area contributed by atoms with Crippen LogP contribution in [0.4, 0.5) is 4.39 Å². The predicted octanol–water partition coefficient (Wildman–Crippen LogP) is 4.45. The van der Waals surface area contributed by atoms with Gasteiger partial charge in [-0.25, -0.2) is 9.37 Å². The number of benzene rings is 2. The van der Waals surface area contributed by atoms with E-state index in [0.717, 1.165) is 16.5 Å². The Kier molecular flexibility index (Phi) is 5.34. The van der Waals surface area contributed by atoms with Crippen molar-refractivity contribution in [1.29, 1.82) is 0 Å². The third kappa shape index (κ3) is 3.71. The predicted molar refractivity (Wildman–Crippen MR) is 115 cm³/mol. The summed E-state index contributed by atoms with van der Waals surface area (Å²) in [6.07, 6.45) is -0.278. The summed E-state index contributed by atoms with van der Waals surface area (Å²) in [7, 11) is 0. The largest absolute Gasteiger partial charge is 0.505 e. The van der Waals surface area contributed by atoms with Gasteiger partial charge in [-0.1, -0.05) is 23.7 Å². The number of fused-ring (bicyclic) bond motifs is 2. The van der Waals surface area contributed by atoms with Gasteiger partial charge in [-0.15, -0.1) is 0 Å². The van der Waals surface area contributed by atoms with E-state index in [0.29, 0.717) is 29.8 Å². The SMILES string of the molecule is Cc1cc(Cl)nc2c(O)c3c(cc12)OC(C)(C)C(O)C3NCCc1ccc(F)cc1. The van der Waals surface area contributed by atoms with E-state index < -0.39 is 17.7 Å². The van der Waals surface area contributed by atoms with Gasteiger partial charge >= 0.3 is 0 Å². The van der Waals surface area contributed by atoms with E-state index in [9.17, 15) is 14.6 Å². The molecule has 0 saturated heterocycles. The van der Waals surface area contributed by atoms with Crippen LogP contribution >= 0.6 is 11.6 Å². The minimum Gasteiger partial charge on any atom is -0.505 e. The van der Waals surface area contributed by atoms with Gasteiger partial charge in [-0.05, 0) is 69.1 Å². The van der Waals surface area contributed by atoms with Gasteiger partial charge in [0.05, 0.1) is 11.6 Å². The van der Waals surface area contributed by atoms with Gasteiger partial charge in [-0.3, -0.25) is 0 Å². The number of ether oxygens (including phenoxy) is 1. The van der Waals surface area contributed by atoms with Crippen LogP contribution in [0.5, 0.6) is 11.5 Å². The van der Waals surface area contributed by atoms with Crippen LogP contribution in [-0.4, -0.2) is 33.4 Å². The number of pyridine rings is 1. The number of hydrogen-bond donors (Lipinski definition) is 3. The van der Waals surface area contributed by atoms with Crippen molar-refractivity contribution in [3.05, 3.63) is 64.1 Å². The fraction of sp³-hybridized carbons (Fsp3) is 0.348. The molecule has 3 aromatic rings. The molecule has 0 radical (unpaired) electrons. The van der Waals surface area contributed by atoms with Crippen LogP contribution in [-0.2, 0) is 6.42 Å². The Morgan fingerprint density at radius 2 is 1.93 bits per heavy atom. The molecule has 2 aromatic carbocycles.